The summed E-state index contributed by atoms with van der Waals surface area (Å²) in [6, 6.07) is -0.539. The Hall–Kier alpha value is -1.13. The van der Waals surface area contributed by atoms with E-state index in [1.165, 1.54) is 218 Å². The quantitative estimate of drug-likeness (QED) is 0.0426. The van der Waals surface area contributed by atoms with Crippen LogP contribution in [0.1, 0.15) is 277 Å². The maximum atomic E-state index is 12.4. The van der Waals surface area contributed by atoms with E-state index in [0.717, 1.165) is 32.1 Å². The zero-order valence-corrected chi connectivity index (χ0v) is 37.5. The molecule has 0 aromatic carbocycles. The van der Waals surface area contributed by atoms with Crippen molar-refractivity contribution in [2.75, 3.05) is 6.61 Å². The minimum atomic E-state index is -0.662. The van der Waals surface area contributed by atoms with Crippen LogP contribution in [0.15, 0.2) is 24.3 Å². The largest absolute Gasteiger partial charge is 0.394 e. The van der Waals surface area contributed by atoms with Gasteiger partial charge in [0.1, 0.15) is 0 Å². The van der Waals surface area contributed by atoms with Crippen molar-refractivity contribution in [2.45, 2.75) is 289 Å². The van der Waals surface area contributed by atoms with Crippen molar-refractivity contribution in [2.24, 2.45) is 0 Å². The summed E-state index contributed by atoms with van der Waals surface area (Å²) < 4.78 is 0. The maximum absolute atomic E-state index is 12.4. The molecule has 0 saturated carbocycles. The minimum absolute atomic E-state index is 0.0364. The molecule has 0 aliphatic heterocycles. The molecule has 0 aliphatic rings. The van der Waals surface area contributed by atoms with Gasteiger partial charge in [-0.3, -0.25) is 4.79 Å². The third kappa shape index (κ3) is 43.8. The highest BCUT2D eigenvalue weighted by Crippen LogP contribution is 2.17. The molecule has 326 valence electrons. The van der Waals surface area contributed by atoms with Gasteiger partial charge in [0.2, 0.25) is 5.91 Å². The summed E-state index contributed by atoms with van der Waals surface area (Å²) in [5.41, 5.74) is 0. The van der Waals surface area contributed by atoms with Crippen molar-refractivity contribution in [3.8, 4) is 0 Å². The van der Waals surface area contributed by atoms with Crippen LogP contribution in [0.4, 0.5) is 0 Å². The minimum Gasteiger partial charge on any atom is -0.394 e. The molecule has 3 N–H and O–H groups in total. The van der Waals surface area contributed by atoms with E-state index in [0.29, 0.717) is 12.8 Å². The molecule has 0 heterocycles. The number of carbonyl (C=O) groups is 1. The molecular formula is C51H99NO3. The van der Waals surface area contributed by atoms with Crippen LogP contribution in [0, 0.1) is 0 Å². The molecule has 0 bridgehead atoms. The molecule has 0 spiro atoms. The molecule has 2 unspecified atom stereocenters. The van der Waals surface area contributed by atoms with Gasteiger partial charge in [0.25, 0.3) is 0 Å². The van der Waals surface area contributed by atoms with Crippen molar-refractivity contribution < 1.29 is 15.0 Å². The van der Waals surface area contributed by atoms with Crippen molar-refractivity contribution in [3.63, 3.8) is 0 Å². The number of amides is 1. The van der Waals surface area contributed by atoms with E-state index in [2.05, 4.69) is 43.5 Å². The predicted octanol–water partition coefficient (Wildman–Crippen LogP) is 16.0. The topological polar surface area (TPSA) is 69.6 Å². The second-order valence-corrected chi connectivity index (χ2v) is 17.2. The number of aliphatic hydroxyl groups is 2. The lowest BCUT2D eigenvalue weighted by Gasteiger charge is -2.22. The normalized spacial score (nSPS) is 13.0. The van der Waals surface area contributed by atoms with Gasteiger partial charge in [-0.15, -0.1) is 0 Å². The number of aliphatic hydroxyl groups excluding tert-OH is 2. The number of allylic oxidation sites excluding steroid dienone is 4. The van der Waals surface area contributed by atoms with Gasteiger partial charge >= 0.3 is 0 Å². The average molecular weight is 774 g/mol. The van der Waals surface area contributed by atoms with Crippen molar-refractivity contribution in [1.82, 2.24) is 5.32 Å². The number of hydrogen-bond donors (Lipinski definition) is 3. The zero-order valence-electron chi connectivity index (χ0n) is 37.5. The Balaban J connectivity index is 3.45. The van der Waals surface area contributed by atoms with E-state index in [-0.39, 0.29) is 12.5 Å². The third-order valence-corrected chi connectivity index (χ3v) is 11.7. The number of carbonyl (C=O) groups excluding carboxylic acids is 1. The van der Waals surface area contributed by atoms with Gasteiger partial charge in [0, 0.05) is 6.42 Å². The third-order valence-electron chi connectivity index (χ3n) is 11.7. The van der Waals surface area contributed by atoms with Crippen LogP contribution in [0.5, 0.6) is 0 Å². The van der Waals surface area contributed by atoms with Crippen LogP contribution in [0.25, 0.3) is 0 Å². The van der Waals surface area contributed by atoms with Gasteiger partial charge in [0.05, 0.1) is 18.8 Å². The smallest absolute Gasteiger partial charge is 0.220 e. The van der Waals surface area contributed by atoms with Gasteiger partial charge in [-0.2, -0.15) is 0 Å². The molecule has 0 saturated heterocycles. The Morgan fingerprint density at radius 2 is 0.745 bits per heavy atom. The predicted molar refractivity (Wildman–Crippen MR) is 244 cm³/mol. The summed E-state index contributed by atoms with van der Waals surface area (Å²) in [5.74, 6) is -0.0364. The van der Waals surface area contributed by atoms with Crippen molar-refractivity contribution in [3.05, 3.63) is 24.3 Å². The summed E-state index contributed by atoms with van der Waals surface area (Å²) in [7, 11) is 0. The summed E-state index contributed by atoms with van der Waals surface area (Å²) in [5, 5.41) is 23.3. The van der Waals surface area contributed by atoms with Crippen molar-refractivity contribution >= 4 is 5.91 Å². The van der Waals surface area contributed by atoms with E-state index in [1.807, 2.05) is 0 Å². The Morgan fingerprint density at radius 3 is 1.13 bits per heavy atom. The summed E-state index contributed by atoms with van der Waals surface area (Å²) in [4.78, 5) is 12.4. The first-order valence-electron chi connectivity index (χ1n) is 25.0. The van der Waals surface area contributed by atoms with Gasteiger partial charge in [-0.1, -0.05) is 250 Å². The molecule has 0 radical (unpaired) electrons. The molecule has 4 nitrogen and oxygen atoms in total. The molecule has 0 fully saturated rings. The molecule has 1 amide bonds. The van der Waals surface area contributed by atoms with Crippen LogP contribution in [-0.4, -0.2) is 34.9 Å². The zero-order chi connectivity index (χ0) is 40.0. The van der Waals surface area contributed by atoms with E-state index < -0.39 is 12.1 Å². The molecule has 0 rings (SSSR count). The molecule has 0 aromatic rings. The molecule has 55 heavy (non-hydrogen) atoms. The fourth-order valence-corrected chi connectivity index (χ4v) is 7.86. The number of unbranched alkanes of at least 4 members (excludes halogenated alkanes) is 35. The molecule has 2 atom stereocenters. The number of rotatable bonds is 46. The second kappa shape index (κ2) is 47.2. The van der Waals surface area contributed by atoms with E-state index in [9.17, 15) is 15.0 Å². The summed E-state index contributed by atoms with van der Waals surface area (Å²) in [6.07, 6.45) is 61.4. The molecular weight excluding hydrogens is 675 g/mol. The lowest BCUT2D eigenvalue weighted by atomic mass is 10.0. The van der Waals surface area contributed by atoms with Crippen molar-refractivity contribution in [1.29, 1.82) is 0 Å². The van der Waals surface area contributed by atoms with E-state index in [1.54, 1.807) is 0 Å². The molecule has 4 heteroatoms. The number of hydrogen-bond acceptors (Lipinski definition) is 3. The fraction of sp³-hybridized carbons (Fsp3) is 0.902. The van der Waals surface area contributed by atoms with Crippen LogP contribution >= 0.6 is 0 Å². The maximum Gasteiger partial charge on any atom is 0.220 e. The first-order valence-corrected chi connectivity index (χ1v) is 25.0. The summed E-state index contributed by atoms with van der Waals surface area (Å²) in [6.45, 7) is 4.35. The SMILES string of the molecule is CCCCC/C=C\C/C=C\CCCCCCCCCC(=O)NC(CO)C(O)CCCCCCCCCCCCCCCCCCCCCCCCCCCC. The van der Waals surface area contributed by atoms with Gasteiger partial charge < -0.3 is 15.5 Å². The van der Waals surface area contributed by atoms with Gasteiger partial charge in [-0.05, 0) is 44.9 Å². The highest BCUT2D eigenvalue weighted by molar-refractivity contribution is 5.76. The highest BCUT2D eigenvalue weighted by atomic mass is 16.3. The Labute approximate surface area is 345 Å². The van der Waals surface area contributed by atoms with Crippen LogP contribution in [0.2, 0.25) is 0 Å². The standard InChI is InChI=1S/C51H99NO3/c1-3-5-7-9-11-13-15-17-19-21-22-23-24-25-26-27-28-29-31-32-34-36-38-40-42-44-46-50(54)49(48-53)52-51(55)47-45-43-41-39-37-35-33-30-20-18-16-14-12-10-8-6-4-2/h12,14,18,20,49-50,53-54H,3-11,13,15-17,19,21-48H2,1-2H3,(H,52,55)/b14-12-,20-18-. The van der Waals surface area contributed by atoms with E-state index >= 15 is 0 Å². The first-order chi connectivity index (χ1) is 27.2. The molecule has 0 aliphatic carbocycles. The second-order valence-electron chi connectivity index (χ2n) is 17.2. The first kappa shape index (κ1) is 53.9. The average Bonchev–Trinajstić information content (AvgIpc) is 3.19. The lowest BCUT2D eigenvalue weighted by molar-refractivity contribution is -0.123. The Morgan fingerprint density at radius 1 is 0.436 bits per heavy atom. The van der Waals surface area contributed by atoms with E-state index in [4.69, 9.17) is 0 Å². The monoisotopic (exact) mass is 774 g/mol. The lowest BCUT2D eigenvalue weighted by Crippen LogP contribution is -2.45. The molecule has 0 aromatic heterocycles. The number of nitrogens with one attached hydrogen (secondary N) is 1. The van der Waals surface area contributed by atoms with Gasteiger partial charge in [-0.25, -0.2) is 0 Å². The fourth-order valence-electron chi connectivity index (χ4n) is 7.86. The van der Waals surface area contributed by atoms with Crippen LogP contribution < -0.4 is 5.32 Å². The highest BCUT2D eigenvalue weighted by Gasteiger charge is 2.20. The van der Waals surface area contributed by atoms with Crippen LogP contribution in [-0.2, 0) is 4.79 Å². The Bertz CT molecular complexity index is 795. The summed E-state index contributed by atoms with van der Waals surface area (Å²) >= 11 is 0. The van der Waals surface area contributed by atoms with Gasteiger partial charge in [0.15, 0.2) is 0 Å². The van der Waals surface area contributed by atoms with Crippen LogP contribution in [0.3, 0.4) is 0 Å². The Kier molecular flexibility index (Phi) is 46.3.